The molecule has 2 aromatic heterocycles. The molecule has 4 rings (SSSR count). The number of nitrogens with one attached hydrogen (secondary N) is 2. The molecule has 0 spiro atoms. The van der Waals surface area contributed by atoms with Gasteiger partial charge in [0.1, 0.15) is 17.5 Å². The van der Waals surface area contributed by atoms with Gasteiger partial charge in [0.05, 0.1) is 10.6 Å². The predicted molar refractivity (Wildman–Crippen MR) is 125 cm³/mol. The van der Waals surface area contributed by atoms with E-state index in [2.05, 4.69) is 26.2 Å². The summed E-state index contributed by atoms with van der Waals surface area (Å²) in [7, 11) is -2.00. The van der Waals surface area contributed by atoms with Crippen molar-refractivity contribution in [2.45, 2.75) is 11.3 Å². The molecule has 0 unspecified atom stereocenters. The predicted octanol–water partition coefficient (Wildman–Crippen LogP) is 4.54. The van der Waals surface area contributed by atoms with E-state index in [0.717, 1.165) is 5.56 Å². The minimum atomic E-state index is -3.74. The molecular weight excluding hydrogens is 468 g/mol. The van der Waals surface area contributed by atoms with Gasteiger partial charge < -0.3 is 5.32 Å². The zero-order valence-electron chi connectivity index (χ0n) is 16.8. The van der Waals surface area contributed by atoms with Crippen LogP contribution in [0, 0.1) is 11.3 Å². The fourth-order valence-electron chi connectivity index (χ4n) is 3.06. The van der Waals surface area contributed by atoms with Crippen molar-refractivity contribution >= 4 is 49.6 Å². The van der Waals surface area contributed by atoms with Gasteiger partial charge >= 0.3 is 0 Å². The first-order valence-electron chi connectivity index (χ1n) is 9.35. The van der Waals surface area contributed by atoms with Gasteiger partial charge in [-0.2, -0.15) is 10.4 Å². The van der Waals surface area contributed by atoms with E-state index >= 15 is 0 Å². The number of aromatic nitrogens is 3. The summed E-state index contributed by atoms with van der Waals surface area (Å²) >= 11 is 7.14. The number of aryl methyl sites for hydroxylation is 1. The summed E-state index contributed by atoms with van der Waals surface area (Å²) in [6.07, 6.45) is 2.01. The molecule has 0 aliphatic heterocycles. The lowest BCUT2D eigenvalue weighted by Gasteiger charge is -2.09. The van der Waals surface area contributed by atoms with Gasteiger partial charge in [-0.05, 0) is 42.0 Å². The third kappa shape index (κ3) is 4.75. The van der Waals surface area contributed by atoms with E-state index in [1.54, 1.807) is 41.4 Å². The number of sulfonamides is 1. The Morgan fingerprint density at radius 2 is 1.88 bits per heavy atom. The largest absolute Gasteiger partial charge is 0.339 e. The molecule has 0 amide bonds. The highest BCUT2D eigenvalue weighted by atomic mass is 35.5. The average molecular weight is 485 g/mol. The number of rotatable bonds is 7. The van der Waals surface area contributed by atoms with Crippen LogP contribution >= 0.6 is 22.9 Å². The Kier molecular flexibility index (Phi) is 6.14. The van der Waals surface area contributed by atoms with Crippen LogP contribution in [0.5, 0.6) is 0 Å². The minimum absolute atomic E-state index is 0.104. The molecular formula is C21H17ClN6O2S2. The van der Waals surface area contributed by atoms with E-state index in [-0.39, 0.29) is 4.90 Å². The molecule has 2 heterocycles. The van der Waals surface area contributed by atoms with E-state index in [4.69, 9.17) is 11.6 Å². The van der Waals surface area contributed by atoms with Crippen LogP contribution in [0.3, 0.4) is 0 Å². The van der Waals surface area contributed by atoms with Crippen molar-refractivity contribution in [3.8, 4) is 6.07 Å². The number of benzene rings is 2. The van der Waals surface area contributed by atoms with Crippen molar-refractivity contribution in [2.24, 2.45) is 7.05 Å². The quantitative estimate of drug-likeness (QED) is 0.398. The van der Waals surface area contributed by atoms with E-state index in [1.165, 1.54) is 29.7 Å². The van der Waals surface area contributed by atoms with Crippen LogP contribution in [-0.4, -0.2) is 23.2 Å². The first kappa shape index (κ1) is 21.8. The fraction of sp³-hybridized carbons (Fsp3) is 0.0952. The molecule has 0 aliphatic carbocycles. The lowest BCUT2D eigenvalue weighted by Crippen LogP contribution is -2.12. The van der Waals surface area contributed by atoms with Crippen molar-refractivity contribution in [3.63, 3.8) is 0 Å². The molecule has 8 nitrogen and oxygen atoms in total. The Balaban J connectivity index is 1.54. The van der Waals surface area contributed by atoms with Gasteiger partial charge in [0.25, 0.3) is 10.0 Å². The summed E-state index contributed by atoms with van der Waals surface area (Å²) in [5.41, 5.74) is 2.66. The zero-order valence-corrected chi connectivity index (χ0v) is 19.2. The number of thiazole rings is 1. The Morgan fingerprint density at radius 1 is 1.16 bits per heavy atom. The van der Waals surface area contributed by atoms with Crippen LogP contribution in [0.2, 0.25) is 5.02 Å². The topological polar surface area (TPSA) is 113 Å². The highest BCUT2D eigenvalue weighted by Gasteiger charge is 2.18. The number of hydrogen-bond donors (Lipinski definition) is 2. The maximum Gasteiger partial charge on any atom is 0.263 e. The van der Waals surface area contributed by atoms with Gasteiger partial charge in [-0.25, -0.2) is 13.4 Å². The van der Waals surface area contributed by atoms with Crippen LogP contribution in [0.25, 0.3) is 0 Å². The Labute approximate surface area is 194 Å². The van der Waals surface area contributed by atoms with Gasteiger partial charge in [0.2, 0.25) is 0 Å². The Morgan fingerprint density at radius 3 is 2.50 bits per heavy atom. The third-order valence-corrected chi connectivity index (χ3v) is 7.02. The highest BCUT2D eigenvalue weighted by Crippen LogP contribution is 2.26. The molecule has 0 saturated carbocycles. The minimum Gasteiger partial charge on any atom is -0.339 e. The molecule has 0 saturated heterocycles. The van der Waals surface area contributed by atoms with Crippen LogP contribution in [0.15, 0.2) is 65.0 Å². The fourth-order valence-corrected chi connectivity index (χ4v) is 4.98. The number of anilines is 3. The van der Waals surface area contributed by atoms with Crippen molar-refractivity contribution in [1.82, 2.24) is 14.8 Å². The first-order valence-corrected chi connectivity index (χ1v) is 12.1. The van der Waals surface area contributed by atoms with E-state index in [9.17, 15) is 13.7 Å². The molecule has 2 N–H and O–H groups in total. The number of halogens is 1. The van der Waals surface area contributed by atoms with Crippen LogP contribution in [0.4, 0.5) is 16.6 Å². The molecule has 0 fully saturated rings. The van der Waals surface area contributed by atoms with Gasteiger partial charge in [0.15, 0.2) is 5.13 Å². The SMILES string of the molecule is Cn1nc(Cc2ccc(Cl)cc2)c(C#N)c1Nc1ccc(S(=O)(=O)Nc2nccs2)cc1. The molecule has 2 aromatic carbocycles. The van der Waals surface area contributed by atoms with Crippen molar-refractivity contribution < 1.29 is 8.42 Å². The van der Waals surface area contributed by atoms with E-state index in [0.29, 0.717) is 39.3 Å². The molecule has 0 aliphatic rings. The lowest BCUT2D eigenvalue weighted by atomic mass is 10.1. The van der Waals surface area contributed by atoms with Crippen LogP contribution < -0.4 is 10.0 Å². The molecule has 162 valence electrons. The second kappa shape index (κ2) is 9.00. The molecule has 0 bridgehead atoms. The van der Waals surface area contributed by atoms with Gasteiger partial charge in [0, 0.05) is 35.8 Å². The molecule has 11 heteroatoms. The monoisotopic (exact) mass is 484 g/mol. The van der Waals surface area contributed by atoms with Gasteiger partial charge in [-0.1, -0.05) is 23.7 Å². The standard InChI is InChI=1S/C21H17ClN6O2S2/c1-28-20(18(13-23)19(26-28)12-14-2-4-15(22)5-3-14)25-16-6-8-17(9-7-16)32(29,30)27-21-24-10-11-31-21/h2-11,25H,12H2,1H3,(H,24,27). The Bertz CT molecular complexity index is 1370. The number of nitriles is 1. The summed E-state index contributed by atoms with van der Waals surface area (Å²) in [6.45, 7) is 0. The van der Waals surface area contributed by atoms with Crippen molar-refractivity contribution in [2.75, 3.05) is 10.0 Å². The van der Waals surface area contributed by atoms with E-state index in [1.807, 2.05) is 12.1 Å². The first-order chi connectivity index (χ1) is 15.4. The van der Waals surface area contributed by atoms with Crippen LogP contribution in [-0.2, 0) is 23.5 Å². The number of hydrogen-bond acceptors (Lipinski definition) is 7. The maximum absolute atomic E-state index is 12.5. The zero-order chi connectivity index (χ0) is 22.7. The van der Waals surface area contributed by atoms with Crippen LogP contribution in [0.1, 0.15) is 16.8 Å². The summed E-state index contributed by atoms with van der Waals surface area (Å²) in [4.78, 5) is 4.04. The van der Waals surface area contributed by atoms with E-state index < -0.39 is 10.0 Å². The summed E-state index contributed by atoms with van der Waals surface area (Å²) in [5.74, 6) is 0.521. The second-order valence-electron chi connectivity index (χ2n) is 6.80. The molecule has 32 heavy (non-hydrogen) atoms. The second-order valence-corrected chi connectivity index (χ2v) is 9.81. The number of nitrogens with zero attached hydrogens (tertiary/aromatic N) is 4. The lowest BCUT2D eigenvalue weighted by molar-refractivity contribution is 0.601. The summed E-state index contributed by atoms with van der Waals surface area (Å²) in [6, 6.07) is 15.8. The molecule has 4 aromatic rings. The maximum atomic E-state index is 12.5. The normalized spacial score (nSPS) is 11.2. The summed E-state index contributed by atoms with van der Waals surface area (Å²) in [5, 5.41) is 20.0. The smallest absolute Gasteiger partial charge is 0.263 e. The van der Waals surface area contributed by atoms with Crippen molar-refractivity contribution in [1.29, 1.82) is 5.26 Å². The molecule has 0 radical (unpaired) electrons. The summed E-state index contributed by atoms with van der Waals surface area (Å²) < 4.78 is 29.0. The van der Waals surface area contributed by atoms with Gasteiger partial charge in [-0.15, -0.1) is 11.3 Å². The average Bonchev–Trinajstić information content (AvgIpc) is 3.37. The third-order valence-electron chi connectivity index (χ3n) is 4.60. The highest BCUT2D eigenvalue weighted by molar-refractivity contribution is 7.93. The Hall–Kier alpha value is -3.39. The van der Waals surface area contributed by atoms with Crippen molar-refractivity contribution in [3.05, 3.63) is 82.0 Å². The van der Waals surface area contributed by atoms with Gasteiger partial charge in [-0.3, -0.25) is 9.40 Å². The molecule has 0 atom stereocenters.